The predicted octanol–water partition coefficient (Wildman–Crippen LogP) is 4.83. The molecule has 0 spiro atoms. The maximum atomic E-state index is 12.2. The molecule has 0 amide bonds. The van der Waals surface area contributed by atoms with E-state index in [1.54, 1.807) is 0 Å². The van der Waals surface area contributed by atoms with Gasteiger partial charge in [0.05, 0.1) is 4.34 Å². The summed E-state index contributed by atoms with van der Waals surface area (Å²) in [5.41, 5.74) is 2.15. The summed E-state index contributed by atoms with van der Waals surface area (Å²) in [6.07, 6.45) is 0. The molecule has 0 aliphatic carbocycles. The van der Waals surface area contributed by atoms with Crippen LogP contribution in [0.3, 0.4) is 0 Å². The zero-order chi connectivity index (χ0) is 16.5. The highest BCUT2D eigenvalue weighted by Gasteiger charge is 2.20. The molecule has 0 atom stereocenters. The van der Waals surface area contributed by atoms with E-state index in [0.717, 1.165) is 16.9 Å². The van der Waals surface area contributed by atoms with Crippen molar-refractivity contribution in [1.82, 2.24) is 4.72 Å². The highest BCUT2D eigenvalue weighted by Crippen LogP contribution is 2.34. The zero-order valence-corrected chi connectivity index (χ0v) is 15.6. The molecule has 0 aliphatic heterocycles. The van der Waals surface area contributed by atoms with E-state index in [-0.39, 0.29) is 21.2 Å². The van der Waals surface area contributed by atoms with Crippen molar-refractivity contribution in [2.45, 2.75) is 37.6 Å². The van der Waals surface area contributed by atoms with Gasteiger partial charge in [-0.15, -0.1) is 11.3 Å². The van der Waals surface area contributed by atoms with Gasteiger partial charge in [-0.2, -0.15) is 0 Å². The van der Waals surface area contributed by atoms with E-state index in [0.29, 0.717) is 4.34 Å². The summed E-state index contributed by atoms with van der Waals surface area (Å²) < 4.78 is 27.5. The maximum absolute atomic E-state index is 12.2. The lowest BCUT2D eigenvalue weighted by Gasteiger charge is -2.19. The summed E-state index contributed by atoms with van der Waals surface area (Å²) in [4.78, 5) is 0.0236. The van der Waals surface area contributed by atoms with E-state index in [9.17, 15) is 8.42 Å². The summed E-state index contributed by atoms with van der Waals surface area (Å²) in [7, 11) is -3.66. The molecule has 0 fully saturated rings. The first-order chi connectivity index (χ1) is 10.1. The minimum Gasteiger partial charge on any atom is -0.207 e. The molecule has 1 aromatic carbocycles. The lowest BCUT2D eigenvalue weighted by molar-refractivity contribution is 0.580. The van der Waals surface area contributed by atoms with Gasteiger partial charge in [-0.25, -0.2) is 13.1 Å². The molecule has 2 rings (SSSR count). The lowest BCUT2D eigenvalue weighted by Crippen LogP contribution is -2.23. The molecule has 1 aromatic heterocycles. The topological polar surface area (TPSA) is 46.2 Å². The van der Waals surface area contributed by atoms with E-state index in [2.05, 4.69) is 25.5 Å². The van der Waals surface area contributed by atoms with Crippen molar-refractivity contribution >= 4 is 44.6 Å². The molecule has 0 unspecified atom stereocenters. The predicted molar refractivity (Wildman–Crippen MR) is 93.5 cm³/mol. The third kappa shape index (κ3) is 4.24. The fourth-order valence-electron chi connectivity index (χ4n) is 1.89. The Morgan fingerprint density at radius 1 is 1.14 bits per heavy atom. The van der Waals surface area contributed by atoms with Crippen LogP contribution in [0.5, 0.6) is 0 Å². The van der Waals surface area contributed by atoms with Crippen LogP contribution in [-0.4, -0.2) is 8.42 Å². The number of halogens is 2. The largest absolute Gasteiger partial charge is 0.243 e. The Bertz CT molecular complexity index is 760. The second kappa shape index (κ2) is 6.49. The Labute approximate surface area is 145 Å². The van der Waals surface area contributed by atoms with E-state index in [1.807, 2.05) is 24.3 Å². The van der Waals surface area contributed by atoms with Gasteiger partial charge in [0.2, 0.25) is 10.0 Å². The van der Waals surface area contributed by atoms with Crippen molar-refractivity contribution in [3.8, 4) is 0 Å². The van der Waals surface area contributed by atoms with Crippen molar-refractivity contribution in [1.29, 1.82) is 0 Å². The molecule has 7 heteroatoms. The van der Waals surface area contributed by atoms with Gasteiger partial charge in [-0.1, -0.05) is 68.2 Å². The van der Waals surface area contributed by atoms with Crippen LogP contribution in [0.4, 0.5) is 0 Å². The molecule has 120 valence electrons. The molecule has 22 heavy (non-hydrogen) atoms. The summed E-state index contributed by atoms with van der Waals surface area (Å²) in [6, 6.07) is 9.23. The fraction of sp³-hybridized carbons (Fsp3) is 0.333. The molecule has 1 heterocycles. The van der Waals surface area contributed by atoms with E-state index in [4.69, 9.17) is 23.2 Å². The lowest BCUT2D eigenvalue weighted by atomic mass is 9.87. The van der Waals surface area contributed by atoms with Crippen molar-refractivity contribution in [2.24, 2.45) is 0 Å². The Morgan fingerprint density at radius 2 is 1.73 bits per heavy atom. The summed E-state index contributed by atoms with van der Waals surface area (Å²) in [5.74, 6) is 0. The zero-order valence-electron chi connectivity index (χ0n) is 12.5. The molecule has 2 aromatic rings. The number of hydrogen-bond donors (Lipinski definition) is 1. The molecule has 0 bridgehead atoms. The number of nitrogens with one attached hydrogen (secondary N) is 1. The summed E-state index contributed by atoms with van der Waals surface area (Å²) in [5, 5.41) is 0. The second-order valence-corrected chi connectivity index (χ2v) is 9.98. The SMILES string of the molecule is CC(C)(C)c1ccc(CNS(=O)(=O)c2cc(Cl)sc2Cl)cc1. The number of benzene rings is 1. The minimum absolute atomic E-state index is 0.0236. The van der Waals surface area contributed by atoms with Crippen LogP contribution in [-0.2, 0) is 22.0 Å². The maximum Gasteiger partial charge on any atom is 0.243 e. The Morgan fingerprint density at radius 3 is 2.18 bits per heavy atom. The molecular formula is C15H17Cl2NO2S2. The minimum atomic E-state index is -3.66. The highest BCUT2D eigenvalue weighted by atomic mass is 35.5. The number of sulfonamides is 1. The average molecular weight is 378 g/mol. The monoisotopic (exact) mass is 377 g/mol. The Balaban J connectivity index is 2.11. The van der Waals surface area contributed by atoms with Crippen molar-refractivity contribution in [3.63, 3.8) is 0 Å². The highest BCUT2D eigenvalue weighted by molar-refractivity contribution is 7.89. The third-order valence-electron chi connectivity index (χ3n) is 3.20. The smallest absolute Gasteiger partial charge is 0.207 e. The second-order valence-electron chi connectivity index (χ2n) is 5.96. The molecule has 0 saturated heterocycles. The van der Waals surface area contributed by atoms with E-state index < -0.39 is 10.0 Å². The van der Waals surface area contributed by atoms with Crippen molar-refractivity contribution in [2.75, 3.05) is 0 Å². The van der Waals surface area contributed by atoms with E-state index in [1.165, 1.54) is 11.6 Å². The molecule has 1 N–H and O–H groups in total. The third-order valence-corrected chi connectivity index (χ3v) is 6.36. The van der Waals surface area contributed by atoms with Crippen LogP contribution < -0.4 is 4.72 Å². The molecule has 0 radical (unpaired) electrons. The van der Waals surface area contributed by atoms with Gasteiger partial charge in [-0.3, -0.25) is 0 Å². The van der Waals surface area contributed by atoms with Crippen LogP contribution in [0.25, 0.3) is 0 Å². The Kier molecular flexibility index (Phi) is 5.24. The Hall–Kier alpha value is -0.590. The summed E-state index contributed by atoms with van der Waals surface area (Å²) >= 11 is 12.7. The van der Waals surface area contributed by atoms with Gasteiger partial charge in [0.25, 0.3) is 0 Å². The van der Waals surface area contributed by atoms with Gasteiger partial charge < -0.3 is 0 Å². The fourth-order valence-corrected chi connectivity index (χ4v) is 5.05. The molecular weight excluding hydrogens is 361 g/mol. The first-order valence-electron chi connectivity index (χ1n) is 6.63. The van der Waals surface area contributed by atoms with Crippen LogP contribution in [0.15, 0.2) is 35.2 Å². The first-order valence-corrected chi connectivity index (χ1v) is 9.69. The molecule has 3 nitrogen and oxygen atoms in total. The number of thiophene rings is 1. The van der Waals surface area contributed by atoms with Gasteiger partial charge in [0.1, 0.15) is 9.23 Å². The van der Waals surface area contributed by atoms with E-state index >= 15 is 0 Å². The van der Waals surface area contributed by atoms with Crippen molar-refractivity contribution in [3.05, 3.63) is 50.1 Å². The summed E-state index contributed by atoms with van der Waals surface area (Å²) in [6.45, 7) is 6.60. The van der Waals surface area contributed by atoms with Crippen LogP contribution in [0.2, 0.25) is 8.67 Å². The average Bonchev–Trinajstić information content (AvgIpc) is 2.76. The quantitative estimate of drug-likeness (QED) is 0.828. The van der Waals surface area contributed by atoms with Gasteiger partial charge in [0.15, 0.2) is 0 Å². The van der Waals surface area contributed by atoms with Crippen LogP contribution >= 0.6 is 34.5 Å². The number of rotatable bonds is 4. The van der Waals surface area contributed by atoms with Crippen LogP contribution in [0, 0.1) is 0 Å². The first kappa shape index (κ1) is 17.8. The number of hydrogen-bond acceptors (Lipinski definition) is 3. The standard InChI is InChI=1S/C15H17Cl2NO2S2/c1-15(2,3)11-6-4-10(5-7-11)9-18-22(19,20)12-8-13(16)21-14(12)17/h4-8,18H,9H2,1-3H3. The molecule has 0 saturated carbocycles. The molecule has 0 aliphatic rings. The van der Waals surface area contributed by atoms with Gasteiger partial charge in [-0.05, 0) is 22.6 Å². The van der Waals surface area contributed by atoms with Crippen molar-refractivity contribution < 1.29 is 8.42 Å². The van der Waals surface area contributed by atoms with Gasteiger partial charge >= 0.3 is 0 Å². The normalized spacial score (nSPS) is 12.6. The van der Waals surface area contributed by atoms with Gasteiger partial charge in [0, 0.05) is 6.54 Å². The van der Waals surface area contributed by atoms with Crippen LogP contribution in [0.1, 0.15) is 31.9 Å².